The summed E-state index contributed by atoms with van der Waals surface area (Å²) in [5.74, 6) is 6.27. The molecule has 7 nitrogen and oxygen atoms in total. The van der Waals surface area contributed by atoms with E-state index in [9.17, 15) is 0 Å². The number of halogens is 1. The number of aromatic nitrogens is 2. The highest BCUT2D eigenvalue weighted by Crippen LogP contribution is 2.28. The molecular weight excluding hydrogens is 330 g/mol. The van der Waals surface area contributed by atoms with Gasteiger partial charge in [-0.25, -0.2) is 15.8 Å². The number of hydrazine groups is 1. The number of aliphatic hydroxyl groups is 1. The van der Waals surface area contributed by atoms with E-state index >= 15 is 0 Å². The van der Waals surface area contributed by atoms with Gasteiger partial charge in [0.05, 0.1) is 37.3 Å². The molecule has 1 heterocycles. The molecule has 0 radical (unpaired) electrons. The second-order valence-electron chi connectivity index (χ2n) is 4.99. The summed E-state index contributed by atoms with van der Waals surface area (Å²) in [7, 11) is 0. The average molecular weight is 350 g/mol. The van der Waals surface area contributed by atoms with Crippen molar-refractivity contribution < 1.29 is 9.84 Å². The number of rotatable bonds is 7. The predicted molar refractivity (Wildman–Crippen MR) is 92.7 cm³/mol. The zero-order valence-corrected chi connectivity index (χ0v) is 14.1. The molecule has 5 N–H and O–H groups in total. The fourth-order valence-corrected chi connectivity index (χ4v) is 2.23. The first-order valence-electron chi connectivity index (χ1n) is 7.36. The molecule has 1 aromatic heterocycles. The molecular formula is C16H20ClN5O2. The largest absolute Gasteiger partial charge is 0.476 e. The smallest absolute Gasteiger partial charge is 0.240 e. The molecule has 24 heavy (non-hydrogen) atoms. The van der Waals surface area contributed by atoms with Crippen LogP contribution in [0.2, 0.25) is 5.02 Å². The molecule has 0 bridgehead atoms. The Hall–Kier alpha value is -2.35. The van der Waals surface area contributed by atoms with Gasteiger partial charge >= 0.3 is 0 Å². The molecule has 0 aliphatic carbocycles. The van der Waals surface area contributed by atoms with Crippen LogP contribution in [0.5, 0.6) is 5.88 Å². The molecule has 1 aromatic carbocycles. The van der Waals surface area contributed by atoms with Gasteiger partial charge in [0.1, 0.15) is 5.69 Å². The van der Waals surface area contributed by atoms with Crippen molar-refractivity contribution in [3.05, 3.63) is 53.1 Å². The molecule has 2 aromatic rings. The SMILES string of the molecule is CCOc1ncc(CN(N)/C=C(\N)CO)nc1-c1cccc(Cl)c1. The summed E-state index contributed by atoms with van der Waals surface area (Å²) in [6.07, 6.45) is 3.03. The van der Waals surface area contributed by atoms with Crippen LogP contribution in [0.15, 0.2) is 42.4 Å². The van der Waals surface area contributed by atoms with Gasteiger partial charge in [-0.3, -0.25) is 0 Å². The van der Waals surface area contributed by atoms with Gasteiger partial charge in [-0.2, -0.15) is 0 Å². The highest BCUT2D eigenvalue weighted by atomic mass is 35.5. The van der Waals surface area contributed by atoms with Gasteiger partial charge < -0.3 is 20.6 Å². The highest BCUT2D eigenvalue weighted by Gasteiger charge is 2.12. The van der Waals surface area contributed by atoms with Crippen molar-refractivity contribution in [2.45, 2.75) is 13.5 Å². The lowest BCUT2D eigenvalue weighted by Crippen LogP contribution is -2.27. The van der Waals surface area contributed by atoms with E-state index in [4.69, 9.17) is 33.0 Å². The van der Waals surface area contributed by atoms with Crippen LogP contribution in [0.3, 0.4) is 0 Å². The molecule has 0 amide bonds. The molecule has 0 saturated heterocycles. The summed E-state index contributed by atoms with van der Waals surface area (Å²) in [4.78, 5) is 8.89. The standard InChI is InChI=1S/C16H20ClN5O2/c1-2-24-16-15(11-4-3-5-12(17)6-11)21-14(7-20-16)9-22(19)8-13(18)10-23/h3-8,23H,2,9-10,18-19H2,1H3/b13-8-. The van der Waals surface area contributed by atoms with Crippen LogP contribution in [0.1, 0.15) is 12.6 Å². The lowest BCUT2D eigenvalue weighted by molar-refractivity contribution is 0.316. The Morgan fingerprint density at radius 2 is 2.25 bits per heavy atom. The second kappa shape index (κ2) is 8.49. The minimum absolute atomic E-state index is 0.256. The van der Waals surface area contributed by atoms with Gasteiger partial charge in [-0.05, 0) is 19.1 Å². The molecule has 8 heteroatoms. The van der Waals surface area contributed by atoms with Crippen LogP contribution in [0.25, 0.3) is 11.3 Å². The summed E-state index contributed by atoms with van der Waals surface area (Å²) in [6.45, 7) is 2.35. The van der Waals surface area contributed by atoms with E-state index in [1.807, 2.05) is 19.1 Å². The van der Waals surface area contributed by atoms with Crippen molar-refractivity contribution in [1.82, 2.24) is 15.0 Å². The van der Waals surface area contributed by atoms with Crippen LogP contribution in [0, 0.1) is 0 Å². The maximum atomic E-state index is 8.93. The van der Waals surface area contributed by atoms with Gasteiger partial charge in [0.2, 0.25) is 5.88 Å². The number of hydrogen-bond donors (Lipinski definition) is 3. The van der Waals surface area contributed by atoms with Crippen molar-refractivity contribution in [1.29, 1.82) is 0 Å². The Kier molecular flexibility index (Phi) is 6.36. The van der Waals surface area contributed by atoms with Crippen molar-refractivity contribution >= 4 is 11.6 Å². The van der Waals surface area contributed by atoms with E-state index in [0.29, 0.717) is 28.9 Å². The Morgan fingerprint density at radius 3 is 2.92 bits per heavy atom. The van der Waals surface area contributed by atoms with E-state index in [-0.39, 0.29) is 18.8 Å². The van der Waals surface area contributed by atoms with Gasteiger partial charge in [-0.15, -0.1) is 0 Å². The van der Waals surface area contributed by atoms with E-state index in [1.54, 1.807) is 18.3 Å². The zero-order valence-electron chi connectivity index (χ0n) is 13.3. The van der Waals surface area contributed by atoms with Gasteiger partial charge in [0.15, 0.2) is 0 Å². The normalized spacial score (nSPS) is 11.4. The van der Waals surface area contributed by atoms with Crippen molar-refractivity contribution in [2.75, 3.05) is 13.2 Å². The molecule has 0 spiro atoms. The third-order valence-electron chi connectivity index (χ3n) is 3.03. The third kappa shape index (κ3) is 4.82. The highest BCUT2D eigenvalue weighted by molar-refractivity contribution is 6.30. The first-order chi connectivity index (χ1) is 11.5. The van der Waals surface area contributed by atoms with Crippen LogP contribution < -0.4 is 16.3 Å². The monoisotopic (exact) mass is 349 g/mol. The van der Waals surface area contributed by atoms with E-state index in [2.05, 4.69) is 9.97 Å². The lowest BCUT2D eigenvalue weighted by atomic mass is 10.1. The number of nitrogens with two attached hydrogens (primary N) is 2. The molecule has 0 saturated carbocycles. The minimum atomic E-state index is -0.267. The number of ether oxygens (including phenoxy) is 1. The molecule has 0 fully saturated rings. The zero-order chi connectivity index (χ0) is 17.5. The maximum Gasteiger partial charge on any atom is 0.240 e. The Labute approximate surface area is 145 Å². The number of benzene rings is 1. The third-order valence-corrected chi connectivity index (χ3v) is 3.26. The van der Waals surface area contributed by atoms with Crippen LogP contribution in [-0.2, 0) is 6.54 Å². The fourth-order valence-electron chi connectivity index (χ4n) is 2.04. The van der Waals surface area contributed by atoms with E-state index in [0.717, 1.165) is 5.56 Å². The predicted octanol–water partition coefficient (Wildman–Crippen LogP) is 1.66. The van der Waals surface area contributed by atoms with Gasteiger partial charge in [0.25, 0.3) is 0 Å². The Balaban J connectivity index is 2.34. The fraction of sp³-hybridized carbons (Fsp3) is 0.250. The molecule has 2 rings (SSSR count). The number of hydrogen-bond acceptors (Lipinski definition) is 7. The Bertz CT molecular complexity index is 723. The molecule has 0 aliphatic rings. The summed E-state index contributed by atoms with van der Waals surface area (Å²) >= 11 is 6.06. The van der Waals surface area contributed by atoms with Crippen LogP contribution in [-0.4, -0.2) is 33.3 Å². The minimum Gasteiger partial charge on any atom is -0.476 e. The average Bonchev–Trinajstić information content (AvgIpc) is 2.56. The Morgan fingerprint density at radius 1 is 1.46 bits per heavy atom. The van der Waals surface area contributed by atoms with Crippen LogP contribution in [0.4, 0.5) is 0 Å². The summed E-state index contributed by atoms with van der Waals surface area (Å²) in [5, 5.41) is 10.9. The molecule has 0 unspecified atom stereocenters. The first kappa shape index (κ1) is 18.0. The lowest BCUT2D eigenvalue weighted by Gasteiger charge is -2.15. The molecule has 128 valence electrons. The molecule has 0 atom stereocenters. The van der Waals surface area contributed by atoms with Crippen molar-refractivity contribution in [3.63, 3.8) is 0 Å². The van der Waals surface area contributed by atoms with Gasteiger partial charge in [-0.1, -0.05) is 23.7 Å². The quantitative estimate of drug-likeness (QED) is 0.515. The van der Waals surface area contributed by atoms with Crippen LogP contribution >= 0.6 is 11.6 Å². The maximum absolute atomic E-state index is 8.93. The second-order valence-corrected chi connectivity index (χ2v) is 5.43. The number of aliphatic hydroxyl groups excluding tert-OH is 1. The van der Waals surface area contributed by atoms with E-state index in [1.165, 1.54) is 11.2 Å². The van der Waals surface area contributed by atoms with Crippen molar-refractivity contribution in [2.24, 2.45) is 11.6 Å². The summed E-state index contributed by atoms with van der Waals surface area (Å²) in [6, 6.07) is 7.29. The van der Waals surface area contributed by atoms with Crippen molar-refractivity contribution in [3.8, 4) is 17.1 Å². The summed E-state index contributed by atoms with van der Waals surface area (Å²) < 4.78 is 5.55. The van der Waals surface area contributed by atoms with E-state index < -0.39 is 0 Å². The summed E-state index contributed by atoms with van der Waals surface area (Å²) in [5.41, 5.74) is 7.81. The topological polar surface area (TPSA) is 111 Å². The number of nitrogens with zero attached hydrogens (tertiary/aromatic N) is 3. The molecule has 0 aliphatic heterocycles. The first-order valence-corrected chi connectivity index (χ1v) is 7.74. The van der Waals surface area contributed by atoms with Gasteiger partial charge in [0, 0.05) is 16.8 Å².